The topological polar surface area (TPSA) is 41.1 Å². The van der Waals surface area contributed by atoms with E-state index in [4.69, 9.17) is 0 Å². The minimum Gasteiger partial charge on any atom is -0.374 e. The van der Waals surface area contributed by atoms with E-state index in [2.05, 4.69) is 10.6 Å². The summed E-state index contributed by atoms with van der Waals surface area (Å²) in [5.41, 5.74) is 4.09. The zero-order valence-electron chi connectivity index (χ0n) is 12.1. The maximum absolute atomic E-state index is 12.2. The Bertz CT molecular complexity index is 593. The van der Waals surface area contributed by atoms with Crippen LogP contribution >= 0.6 is 0 Å². The highest BCUT2D eigenvalue weighted by Gasteiger charge is 2.13. The fourth-order valence-corrected chi connectivity index (χ4v) is 1.98. The second kappa shape index (κ2) is 6.24. The van der Waals surface area contributed by atoms with Crippen molar-refractivity contribution in [3.63, 3.8) is 0 Å². The molecule has 0 bridgehead atoms. The van der Waals surface area contributed by atoms with Gasteiger partial charge in [0.2, 0.25) is 5.91 Å². The van der Waals surface area contributed by atoms with Crippen LogP contribution in [0.25, 0.3) is 0 Å². The molecule has 2 N–H and O–H groups in total. The molecule has 0 saturated heterocycles. The van der Waals surface area contributed by atoms with E-state index in [1.54, 1.807) is 0 Å². The summed E-state index contributed by atoms with van der Waals surface area (Å²) in [7, 11) is 0. The lowest BCUT2D eigenvalue weighted by atomic mass is 10.1. The Balaban J connectivity index is 2.03. The number of carbonyl (C=O) groups excluding carboxylic acids is 1. The van der Waals surface area contributed by atoms with E-state index >= 15 is 0 Å². The first-order valence-electron chi connectivity index (χ1n) is 6.76. The third kappa shape index (κ3) is 3.38. The SMILES string of the molecule is Cc1cccc(NC(=O)C(C)Nc2ccccc2)c1C. The molecule has 3 nitrogen and oxygen atoms in total. The highest BCUT2D eigenvalue weighted by molar-refractivity contribution is 5.96. The first kappa shape index (κ1) is 14.1. The molecular formula is C17H20N2O. The quantitative estimate of drug-likeness (QED) is 0.886. The van der Waals surface area contributed by atoms with Gasteiger partial charge < -0.3 is 10.6 Å². The second-order valence-corrected chi connectivity index (χ2v) is 4.97. The van der Waals surface area contributed by atoms with Gasteiger partial charge in [0.1, 0.15) is 6.04 Å². The summed E-state index contributed by atoms with van der Waals surface area (Å²) < 4.78 is 0. The van der Waals surface area contributed by atoms with Crippen molar-refractivity contribution >= 4 is 17.3 Å². The molecule has 20 heavy (non-hydrogen) atoms. The summed E-state index contributed by atoms with van der Waals surface area (Å²) in [6.45, 7) is 5.91. The Morgan fingerprint density at radius 1 is 1.00 bits per heavy atom. The smallest absolute Gasteiger partial charge is 0.246 e. The van der Waals surface area contributed by atoms with Gasteiger partial charge in [0.25, 0.3) is 0 Å². The van der Waals surface area contributed by atoms with Crippen LogP contribution in [0.4, 0.5) is 11.4 Å². The number of benzene rings is 2. The molecule has 0 aliphatic rings. The molecule has 2 aromatic carbocycles. The number of hydrogen-bond donors (Lipinski definition) is 2. The van der Waals surface area contributed by atoms with Crippen molar-refractivity contribution < 1.29 is 4.79 Å². The van der Waals surface area contributed by atoms with Gasteiger partial charge in [-0.2, -0.15) is 0 Å². The van der Waals surface area contributed by atoms with Gasteiger partial charge >= 0.3 is 0 Å². The molecule has 2 rings (SSSR count). The molecule has 0 radical (unpaired) electrons. The fraction of sp³-hybridized carbons (Fsp3) is 0.235. The van der Waals surface area contributed by atoms with Crippen LogP contribution in [0.15, 0.2) is 48.5 Å². The first-order chi connectivity index (χ1) is 9.58. The molecule has 0 aliphatic heterocycles. The van der Waals surface area contributed by atoms with Gasteiger partial charge in [-0.3, -0.25) is 4.79 Å². The van der Waals surface area contributed by atoms with Crippen LogP contribution in [-0.2, 0) is 4.79 Å². The predicted octanol–water partition coefficient (Wildman–Crippen LogP) is 3.74. The van der Waals surface area contributed by atoms with Gasteiger partial charge in [-0.1, -0.05) is 30.3 Å². The van der Waals surface area contributed by atoms with Crippen molar-refractivity contribution in [2.45, 2.75) is 26.8 Å². The summed E-state index contributed by atoms with van der Waals surface area (Å²) in [5, 5.41) is 6.15. The minimum atomic E-state index is -0.294. The van der Waals surface area contributed by atoms with Gasteiger partial charge in [0, 0.05) is 11.4 Å². The van der Waals surface area contributed by atoms with Gasteiger partial charge in [0.05, 0.1) is 0 Å². The van der Waals surface area contributed by atoms with Crippen LogP contribution in [-0.4, -0.2) is 11.9 Å². The van der Waals surface area contributed by atoms with Crippen LogP contribution in [0, 0.1) is 13.8 Å². The molecule has 3 heteroatoms. The molecule has 0 aliphatic carbocycles. The van der Waals surface area contributed by atoms with Gasteiger partial charge in [-0.25, -0.2) is 0 Å². The molecule has 0 fully saturated rings. The first-order valence-corrected chi connectivity index (χ1v) is 6.76. The number of rotatable bonds is 4. The second-order valence-electron chi connectivity index (χ2n) is 4.97. The lowest BCUT2D eigenvalue weighted by Gasteiger charge is -2.16. The predicted molar refractivity (Wildman–Crippen MR) is 84.1 cm³/mol. The summed E-state index contributed by atoms with van der Waals surface area (Å²) in [5.74, 6) is -0.0393. The third-order valence-corrected chi connectivity index (χ3v) is 3.41. The molecule has 104 valence electrons. The van der Waals surface area contributed by atoms with Crippen LogP contribution in [0.5, 0.6) is 0 Å². The van der Waals surface area contributed by atoms with Crippen LogP contribution in [0.3, 0.4) is 0 Å². The third-order valence-electron chi connectivity index (χ3n) is 3.41. The lowest BCUT2D eigenvalue weighted by molar-refractivity contribution is -0.116. The monoisotopic (exact) mass is 268 g/mol. The van der Waals surface area contributed by atoms with E-state index in [0.29, 0.717) is 0 Å². The number of nitrogens with one attached hydrogen (secondary N) is 2. The normalized spacial score (nSPS) is 11.8. The largest absolute Gasteiger partial charge is 0.374 e. The van der Waals surface area contributed by atoms with E-state index in [9.17, 15) is 4.79 Å². The Hall–Kier alpha value is -2.29. The highest BCUT2D eigenvalue weighted by atomic mass is 16.2. The van der Waals surface area contributed by atoms with Gasteiger partial charge in [-0.15, -0.1) is 0 Å². The van der Waals surface area contributed by atoms with Crippen LogP contribution < -0.4 is 10.6 Å². The lowest BCUT2D eigenvalue weighted by Crippen LogP contribution is -2.32. The molecule has 0 aromatic heterocycles. The average molecular weight is 268 g/mol. The molecule has 0 heterocycles. The number of aryl methyl sites for hydroxylation is 1. The van der Waals surface area contributed by atoms with E-state index in [0.717, 1.165) is 16.9 Å². The van der Waals surface area contributed by atoms with Crippen molar-refractivity contribution in [3.8, 4) is 0 Å². The zero-order chi connectivity index (χ0) is 14.5. The van der Waals surface area contributed by atoms with Gasteiger partial charge in [0.15, 0.2) is 0 Å². The van der Waals surface area contributed by atoms with E-state index < -0.39 is 0 Å². The number of para-hydroxylation sites is 1. The zero-order valence-corrected chi connectivity index (χ0v) is 12.1. The Labute approximate surface area is 120 Å². The molecular weight excluding hydrogens is 248 g/mol. The number of amides is 1. The molecule has 0 saturated carbocycles. The fourth-order valence-electron chi connectivity index (χ4n) is 1.98. The average Bonchev–Trinajstić information content (AvgIpc) is 2.45. The number of anilines is 2. The van der Waals surface area contributed by atoms with E-state index in [1.165, 1.54) is 5.56 Å². The molecule has 1 amide bonds. The summed E-state index contributed by atoms with van der Waals surface area (Å²) in [4.78, 5) is 12.2. The van der Waals surface area contributed by atoms with Crippen LogP contribution in [0.1, 0.15) is 18.1 Å². The molecule has 0 spiro atoms. The molecule has 2 aromatic rings. The van der Waals surface area contributed by atoms with E-state index in [-0.39, 0.29) is 11.9 Å². The number of hydrogen-bond acceptors (Lipinski definition) is 2. The standard InChI is InChI=1S/C17H20N2O/c1-12-8-7-11-16(13(12)2)19-17(20)14(3)18-15-9-5-4-6-10-15/h4-11,14,18H,1-3H3,(H,19,20). The van der Waals surface area contributed by atoms with Crippen molar-refractivity contribution in [1.29, 1.82) is 0 Å². The minimum absolute atomic E-state index is 0.0393. The van der Waals surface area contributed by atoms with Crippen molar-refractivity contribution in [1.82, 2.24) is 0 Å². The van der Waals surface area contributed by atoms with Crippen molar-refractivity contribution in [2.75, 3.05) is 10.6 Å². The van der Waals surface area contributed by atoms with Crippen LogP contribution in [0.2, 0.25) is 0 Å². The summed E-state index contributed by atoms with van der Waals surface area (Å²) in [6, 6.07) is 15.3. The maximum Gasteiger partial charge on any atom is 0.246 e. The Morgan fingerprint density at radius 3 is 2.40 bits per heavy atom. The molecule has 1 atom stereocenters. The number of carbonyl (C=O) groups is 1. The Morgan fingerprint density at radius 2 is 1.70 bits per heavy atom. The highest BCUT2D eigenvalue weighted by Crippen LogP contribution is 2.18. The maximum atomic E-state index is 12.2. The molecule has 1 unspecified atom stereocenters. The summed E-state index contributed by atoms with van der Waals surface area (Å²) >= 11 is 0. The Kier molecular flexibility index (Phi) is 4.41. The van der Waals surface area contributed by atoms with Gasteiger partial charge in [-0.05, 0) is 50.1 Å². The van der Waals surface area contributed by atoms with Crippen molar-refractivity contribution in [2.24, 2.45) is 0 Å². The summed E-state index contributed by atoms with van der Waals surface area (Å²) in [6.07, 6.45) is 0. The van der Waals surface area contributed by atoms with E-state index in [1.807, 2.05) is 69.3 Å². The van der Waals surface area contributed by atoms with Crippen molar-refractivity contribution in [3.05, 3.63) is 59.7 Å².